The smallest absolute Gasteiger partial charge is 0.247 e. The van der Waals surface area contributed by atoms with Gasteiger partial charge in [0.1, 0.15) is 4.90 Å². The van der Waals surface area contributed by atoms with Gasteiger partial charge in [-0.1, -0.05) is 5.92 Å². The summed E-state index contributed by atoms with van der Waals surface area (Å²) in [6.45, 7) is 1.10. The molecular formula is C13H19N3O3S. The van der Waals surface area contributed by atoms with Crippen LogP contribution in [0.3, 0.4) is 0 Å². The Morgan fingerprint density at radius 3 is 2.90 bits per heavy atom. The standard InChI is InChI=1S/C13H19N3O3S/c1-2-6-16(10-12-4-5-12)20(18,19)13-9-14-15(11-13)7-3-8-17/h1,9,11-12,17H,3-8,10H2. The fraction of sp³-hybridized carbons (Fsp3) is 0.615. The number of aliphatic hydroxyl groups excluding tert-OH is 1. The van der Waals surface area contributed by atoms with E-state index in [4.69, 9.17) is 11.5 Å². The summed E-state index contributed by atoms with van der Waals surface area (Å²) in [4.78, 5) is 0.159. The van der Waals surface area contributed by atoms with Gasteiger partial charge in [0.05, 0.1) is 12.7 Å². The minimum absolute atomic E-state index is 0.0485. The van der Waals surface area contributed by atoms with Crippen LogP contribution in [-0.2, 0) is 16.6 Å². The number of rotatable bonds is 8. The van der Waals surface area contributed by atoms with Crippen molar-refractivity contribution in [1.82, 2.24) is 14.1 Å². The molecule has 0 radical (unpaired) electrons. The lowest BCUT2D eigenvalue weighted by molar-refractivity contribution is 0.277. The third kappa shape index (κ3) is 3.60. The quantitative estimate of drug-likeness (QED) is 0.700. The first-order chi connectivity index (χ1) is 9.57. The summed E-state index contributed by atoms with van der Waals surface area (Å²) in [6.07, 6.45) is 10.8. The highest BCUT2D eigenvalue weighted by Gasteiger charge is 2.31. The van der Waals surface area contributed by atoms with E-state index >= 15 is 0 Å². The second-order valence-electron chi connectivity index (χ2n) is 4.96. The minimum Gasteiger partial charge on any atom is -0.396 e. The Bertz CT molecular complexity index is 584. The summed E-state index contributed by atoms with van der Waals surface area (Å²) in [5, 5.41) is 12.8. The van der Waals surface area contributed by atoms with Gasteiger partial charge in [-0.05, 0) is 25.2 Å². The van der Waals surface area contributed by atoms with Crippen molar-refractivity contribution >= 4 is 10.0 Å². The zero-order valence-corrected chi connectivity index (χ0v) is 12.1. The molecule has 1 N–H and O–H groups in total. The van der Waals surface area contributed by atoms with Gasteiger partial charge in [-0.25, -0.2) is 8.42 Å². The molecule has 2 rings (SSSR count). The van der Waals surface area contributed by atoms with Crippen LogP contribution >= 0.6 is 0 Å². The summed E-state index contributed by atoms with van der Waals surface area (Å²) in [6, 6.07) is 0. The molecule has 0 aliphatic heterocycles. The predicted molar refractivity (Wildman–Crippen MR) is 74.2 cm³/mol. The third-order valence-electron chi connectivity index (χ3n) is 3.22. The zero-order valence-electron chi connectivity index (χ0n) is 11.3. The minimum atomic E-state index is -3.58. The lowest BCUT2D eigenvalue weighted by Crippen LogP contribution is -2.33. The van der Waals surface area contributed by atoms with Crippen molar-refractivity contribution in [2.45, 2.75) is 30.7 Å². The fourth-order valence-electron chi connectivity index (χ4n) is 1.92. The van der Waals surface area contributed by atoms with E-state index in [0.717, 1.165) is 12.8 Å². The molecule has 1 aromatic heterocycles. The SMILES string of the molecule is C#CCN(CC1CC1)S(=O)(=O)c1cnn(CCCO)c1. The molecular weight excluding hydrogens is 278 g/mol. The van der Waals surface area contributed by atoms with Crippen LogP contribution in [0.25, 0.3) is 0 Å². The molecule has 1 fully saturated rings. The molecule has 0 spiro atoms. The average molecular weight is 297 g/mol. The lowest BCUT2D eigenvalue weighted by Gasteiger charge is -2.18. The van der Waals surface area contributed by atoms with Crippen LogP contribution in [0.2, 0.25) is 0 Å². The molecule has 1 aromatic rings. The van der Waals surface area contributed by atoms with Crippen molar-refractivity contribution in [3.63, 3.8) is 0 Å². The van der Waals surface area contributed by atoms with Gasteiger partial charge in [0.25, 0.3) is 0 Å². The zero-order chi connectivity index (χ0) is 14.6. The average Bonchev–Trinajstić information content (AvgIpc) is 3.10. The van der Waals surface area contributed by atoms with Crippen LogP contribution in [0.5, 0.6) is 0 Å². The summed E-state index contributed by atoms with van der Waals surface area (Å²) in [7, 11) is -3.58. The number of sulfonamides is 1. The Morgan fingerprint density at radius 1 is 1.55 bits per heavy atom. The Kier molecular flexibility index (Phi) is 4.81. The maximum absolute atomic E-state index is 12.5. The molecule has 7 heteroatoms. The molecule has 1 aliphatic rings. The molecule has 0 saturated heterocycles. The van der Waals surface area contributed by atoms with Gasteiger partial charge in [0.2, 0.25) is 10.0 Å². The van der Waals surface area contributed by atoms with E-state index in [1.54, 1.807) is 0 Å². The Hall–Kier alpha value is -1.36. The molecule has 6 nitrogen and oxygen atoms in total. The number of aromatic nitrogens is 2. The van der Waals surface area contributed by atoms with Crippen molar-refractivity contribution < 1.29 is 13.5 Å². The van der Waals surface area contributed by atoms with Crippen molar-refractivity contribution in [1.29, 1.82) is 0 Å². The van der Waals surface area contributed by atoms with Gasteiger partial charge in [-0.15, -0.1) is 6.42 Å². The van der Waals surface area contributed by atoms with Gasteiger partial charge in [-0.3, -0.25) is 4.68 Å². The van der Waals surface area contributed by atoms with Crippen LogP contribution in [0.15, 0.2) is 17.3 Å². The number of hydrogen-bond donors (Lipinski definition) is 1. The van der Waals surface area contributed by atoms with Crippen LogP contribution in [0, 0.1) is 18.3 Å². The number of terminal acetylenes is 1. The van der Waals surface area contributed by atoms with Crippen LogP contribution in [0.4, 0.5) is 0 Å². The van der Waals surface area contributed by atoms with E-state index in [1.165, 1.54) is 21.4 Å². The summed E-state index contributed by atoms with van der Waals surface area (Å²) < 4.78 is 27.9. The molecule has 0 unspecified atom stereocenters. The van der Waals surface area contributed by atoms with E-state index in [2.05, 4.69) is 11.0 Å². The Labute approximate surface area is 119 Å². The molecule has 1 saturated carbocycles. The van der Waals surface area contributed by atoms with Crippen LogP contribution < -0.4 is 0 Å². The second-order valence-corrected chi connectivity index (χ2v) is 6.90. The highest BCUT2D eigenvalue weighted by Crippen LogP contribution is 2.31. The lowest BCUT2D eigenvalue weighted by atomic mass is 10.4. The maximum Gasteiger partial charge on any atom is 0.247 e. The topological polar surface area (TPSA) is 75.4 Å². The van der Waals surface area contributed by atoms with Crippen LogP contribution in [-0.4, -0.2) is 47.3 Å². The summed E-state index contributed by atoms with van der Waals surface area (Å²) >= 11 is 0. The van der Waals surface area contributed by atoms with E-state index in [9.17, 15) is 8.42 Å². The Balaban J connectivity index is 2.13. The van der Waals surface area contributed by atoms with Gasteiger partial charge in [0.15, 0.2) is 0 Å². The largest absolute Gasteiger partial charge is 0.396 e. The highest BCUT2D eigenvalue weighted by molar-refractivity contribution is 7.89. The first-order valence-corrected chi connectivity index (χ1v) is 8.09. The molecule has 1 aliphatic carbocycles. The number of hydrogen-bond acceptors (Lipinski definition) is 4. The van der Waals surface area contributed by atoms with E-state index < -0.39 is 10.0 Å². The molecule has 1 heterocycles. The molecule has 0 aromatic carbocycles. The molecule has 0 bridgehead atoms. The number of nitrogens with zero attached hydrogens (tertiary/aromatic N) is 3. The second kappa shape index (κ2) is 6.39. The van der Waals surface area contributed by atoms with Crippen molar-refractivity contribution in [3.05, 3.63) is 12.4 Å². The first kappa shape index (κ1) is 15.0. The van der Waals surface area contributed by atoms with E-state index in [-0.39, 0.29) is 18.0 Å². The van der Waals surface area contributed by atoms with E-state index in [1.807, 2.05) is 0 Å². The normalized spacial score (nSPS) is 15.4. The van der Waals surface area contributed by atoms with Gasteiger partial charge in [-0.2, -0.15) is 9.40 Å². The monoisotopic (exact) mass is 297 g/mol. The first-order valence-electron chi connectivity index (χ1n) is 6.65. The summed E-state index contributed by atoms with van der Waals surface area (Å²) in [5.74, 6) is 2.84. The molecule has 0 atom stereocenters. The van der Waals surface area contributed by atoms with E-state index in [0.29, 0.717) is 25.4 Å². The number of aliphatic hydroxyl groups is 1. The summed E-state index contributed by atoms with van der Waals surface area (Å²) in [5.41, 5.74) is 0. The van der Waals surface area contributed by atoms with Gasteiger partial charge >= 0.3 is 0 Å². The Morgan fingerprint density at radius 2 is 2.30 bits per heavy atom. The van der Waals surface area contributed by atoms with Gasteiger partial charge in [0, 0.05) is 25.9 Å². The molecule has 20 heavy (non-hydrogen) atoms. The van der Waals surface area contributed by atoms with Crippen molar-refractivity contribution in [2.24, 2.45) is 5.92 Å². The molecule has 110 valence electrons. The van der Waals surface area contributed by atoms with Crippen LogP contribution in [0.1, 0.15) is 19.3 Å². The number of aryl methyl sites for hydroxylation is 1. The van der Waals surface area contributed by atoms with Gasteiger partial charge < -0.3 is 5.11 Å². The highest BCUT2D eigenvalue weighted by atomic mass is 32.2. The maximum atomic E-state index is 12.5. The van der Waals surface area contributed by atoms with Crippen molar-refractivity contribution in [3.8, 4) is 12.3 Å². The third-order valence-corrected chi connectivity index (χ3v) is 4.98. The molecule has 0 amide bonds. The predicted octanol–water partition coefficient (Wildman–Crippen LogP) is 0.299. The fourth-order valence-corrected chi connectivity index (χ4v) is 3.30. The van der Waals surface area contributed by atoms with Crippen molar-refractivity contribution in [2.75, 3.05) is 19.7 Å².